The fourth-order valence-electron chi connectivity index (χ4n) is 1.06. The van der Waals surface area contributed by atoms with Gasteiger partial charge in [0.1, 0.15) is 16.5 Å². The molecule has 0 amide bonds. The van der Waals surface area contributed by atoms with Crippen LogP contribution in [-0.4, -0.2) is 15.0 Å². The van der Waals surface area contributed by atoms with Gasteiger partial charge < -0.3 is 4.74 Å². The number of rotatable bonds is 4. The predicted molar refractivity (Wildman–Crippen MR) is 64.4 cm³/mol. The quantitative estimate of drug-likeness (QED) is 0.677. The molecule has 0 bridgehead atoms. The van der Waals surface area contributed by atoms with E-state index in [1.807, 2.05) is 0 Å². The normalized spacial score (nSPS) is 10.9. The topological polar surface area (TPSA) is 69.4 Å². The van der Waals surface area contributed by atoms with Crippen molar-refractivity contribution in [3.63, 3.8) is 0 Å². The maximum Gasteiger partial charge on any atom is 0.241 e. The Morgan fingerprint density at radius 1 is 1.53 bits per heavy atom. The molecule has 7 heteroatoms. The smallest absolute Gasteiger partial charge is 0.241 e. The molecule has 0 saturated carbocycles. The lowest BCUT2D eigenvalue weighted by Gasteiger charge is -2.08. The second kappa shape index (κ2) is 5.49. The van der Waals surface area contributed by atoms with E-state index in [2.05, 4.69) is 21.9 Å². The molecule has 17 heavy (non-hydrogen) atoms. The van der Waals surface area contributed by atoms with Crippen LogP contribution in [0.15, 0.2) is 21.5 Å². The molecule has 0 heterocycles. The molecule has 0 spiro atoms. The summed E-state index contributed by atoms with van der Waals surface area (Å²) in [5, 5.41) is 4.84. The van der Waals surface area contributed by atoms with Crippen LogP contribution in [0.1, 0.15) is 6.42 Å². The second-order valence-corrected chi connectivity index (χ2v) is 5.44. The van der Waals surface area contributed by atoms with Crippen molar-refractivity contribution in [2.45, 2.75) is 11.3 Å². The number of halogens is 2. The molecule has 0 aliphatic heterocycles. The number of hydrogen-bond acceptors (Lipinski definition) is 3. The maximum atomic E-state index is 13.4. The molecule has 0 fully saturated rings. The molecule has 0 saturated heterocycles. The van der Waals surface area contributed by atoms with E-state index >= 15 is 0 Å². The Balaban J connectivity index is 3.07. The van der Waals surface area contributed by atoms with E-state index in [1.54, 1.807) is 0 Å². The van der Waals surface area contributed by atoms with Crippen molar-refractivity contribution < 1.29 is 17.5 Å². The summed E-state index contributed by atoms with van der Waals surface area (Å²) in [7, 11) is -4.09. The van der Waals surface area contributed by atoms with E-state index in [0.29, 0.717) is 10.9 Å². The second-order valence-electron chi connectivity index (χ2n) is 3.06. The average Bonchev–Trinajstić information content (AvgIpc) is 2.21. The Morgan fingerprint density at radius 2 is 2.18 bits per heavy atom. The van der Waals surface area contributed by atoms with Gasteiger partial charge in [0.15, 0.2) is 0 Å². The number of benzene rings is 1. The molecule has 0 aromatic heterocycles. The van der Waals surface area contributed by atoms with E-state index < -0.39 is 20.7 Å². The molecule has 4 nitrogen and oxygen atoms in total. The first-order chi connectivity index (χ1) is 7.86. The van der Waals surface area contributed by atoms with Crippen LogP contribution in [-0.2, 0) is 10.0 Å². The molecule has 0 aliphatic rings. The minimum atomic E-state index is -4.09. The molecule has 0 unspecified atom stereocenters. The van der Waals surface area contributed by atoms with E-state index in [1.165, 1.54) is 0 Å². The minimum absolute atomic E-state index is 0.171. The molecule has 1 aromatic rings. The summed E-state index contributed by atoms with van der Waals surface area (Å²) >= 11 is 3.06. The largest absolute Gasteiger partial charge is 0.491 e. The van der Waals surface area contributed by atoms with Gasteiger partial charge >= 0.3 is 0 Å². The third-order valence-electron chi connectivity index (χ3n) is 1.80. The van der Waals surface area contributed by atoms with Gasteiger partial charge in [0.25, 0.3) is 0 Å². The predicted octanol–water partition coefficient (Wildman–Crippen LogP) is 1.64. The third kappa shape index (κ3) is 3.70. The van der Waals surface area contributed by atoms with Crippen molar-refractivity contribution in [2.24, 2.45) is 5.14 Å². The lowest BCUT2D eigenvalue weighted by Crippen LogP contribution is -2.14. The average molecular weight is 322 g/mol. The Kier molecular flexibility index (Phi) is 4.51. The maximum absolute atomic E-state index is 13.4. The Labute approximate surface area is 107 Å². The van der Waals surface area contributed by atoms with Gasteiger partial charge in [0.05, 0.1) is 11.1 Å². The van der Waals surface area contributed by atoms with Crippen molar-refractivity contribution in [2.75, 3.05) is 6.61 Å². The Bertz CT molecular complexity index is 566. The highest BCUT2D eigenvalue weighted by molar-refractivity contribution is 9.10. The third-order valence-corrected chi connectivity index (χ3v) is 3.34. The van der Waals surface area contributed by atoms with Gasteiger partial charge in [-0.25, -0.2) is 17.9 Å². The Hall–Kier alpha value is -1.10. The van der Waals surface area contributed by atoms with Crippen LogP contribution < -0.4 is 9.88 Å². The van der Waals surface area contributed by atoms with Crippen molar-refractivity contribution >= 4 is 26.0 Å². The van der Waals surface area contributed by atoms with E-state index in [4.69, 9.17) is 16.3 Å². The fraction of sp³-hybridized carbons (Fsp3) is 0.200. The van der Waals surface area contributed by atoms with Gasteiger partial charge in [-0.3, -0.25) is 0 Å². The number of ether oxygens (including phenoxy) is 1. The van der Waals surface area contributed by atoms with Crippen LogP contribution in [0.5, 0.6) is 5.75 Å². The number of terminal acetylenes is 1. The van der Waals surface area contributed by atoms with E-state index in [0.717, 1.165) is 12.1 Å². The van der Waals surface area contributed by atoms with E-state index in [-0.39, 0.29) is 12.4 Å². The summed E-state index contributed by atoms with van der Waals surface area (Å²) in [4.78, 5) is -0.589. The summed E-state index contributed by atoms with van der Waals surface area (Å²) in [6.45, 7) is 0.212. The first-order valence-electron chi connectivity index (χ1n) is 4.44. The first-order valence-corrected chi connectivity index (χ1v) is 6.78. The molecule has 92 valence electrons. The zero-order valence-corrected chi connectivity index (χ0v) is 11.0. The summed E-state index contributed by atoms with van der Waals surface area (Å²) in [6, 6.07) is 2.00. The molecule has 2 N–H and O–H groups in total. The first kappa shape index (κ1) is 14.0. The molecule has 1 rings (SSSR count). The van der Waals surface area contributed by atoms with Gasteiger partial charge in [-0.1, -0.05) is 0 Å². The van der Waals surface area contributed by atoms with Gasteiger partial charge in [-0.05, 0) is 22.0 Å². The van der Waals surface area contributed by atoms with Gasteiger partial charge in [-0.2, -0.15) is 0 Å². The number of primary sulfonamides is 1. The van der Waals surface area contributed by atoms with Crippen LogP contribution in [0, 0.1) is 18.2 Å². The zero-order chi connectivity index (χ0) is 13.1. The lowest BCUT2D eigenvalue weighted by atomic mass is 10.3. The minimum Gasteiger partial charge on any atom is -0.491 e. The number of nitrogens with two attached hydrogens (primary N) is 1. The number of sulfonamides is 1. The fourth-order valence-corrected chi connectivity index (χ4v) is 2.28. The SMILES string of the molecule is C#CCCOc1cc(F)c(S(N)(=O)=O)cc1Br. The van der Waals surface area contributed by atoms with Crippen molar-refractivity contribution in [3.8, 4) is 18.1 Å². The summed E-state index contributed by atoms with van der Waals surface area (Å²) in [5.74, 6) is 1.56. The highest BCUT2D eigenvalue weighted by Gasteiger charge is 2.17. The molecule has 1 aromatic carbocycles. The summed E-state index contributed by atoms with van der Waals surface area (Å²) in [6.07, 6.45) is 5.40. The highest BCUT2D eigenvalue weighted by Crippen LogP contribution is 2.29. The highest BCUT2D eigenvalue weighted by atomic mass is 79.9. The summed E-state index contributed by atoms with van der Waals surface area (Å²) in [5.41, 5.74) is 0. The monoisotopic (exact) mass is 321 g/mol. The van der Waals surface area contributed by atoms with Crippen molar-refractivity contribution in [1.29, 1.82) is 0 Å². The summed E-state index contributed by atoms with van der Waals surface area (Å²) < 4.78 is 40.9. The van der Waals surface area contributed by atoms with Crippen molar-refractivity contribution in [3.05, 3.63) is 22.4 Å². The molecule has 0 aliphatic carbocycles. The molecular formula is C10H9BrFNO3S. The molecule has 0 atom stereocenters. The molecule has 0 radical (unpaired) electrons. The lowest BCUT2D eigenvalue weighted by molar-refractivity contribution is 0.322. The molecular weight excluding hydrogens is 313 g/mol. The standard InChI is InChI=1S/C10H9BrFNO3S/c1-2-3-4-16-9-6-8(12)10(5-7(9)11)17(13,14)15/h1,5-6H,3-4H2,(H2,13,14,15). The number of hydrogen-bond donors (Lipinski definition) is 1. The van der Waals surface area contributed by atoms with Crippen molar-refractivity contribution in [1.82, 2.24) is 0 Å². The van der Waals surface area contributed by atoms with E-state index in [9.17, 15) is 12.8 Å². The van der Waals surface area contributed by atoms with Crippen LogP contribution in [0.4, 0.5) is 4.39 Å². The van der Waals surface area contributed by atoms with Crippen LogP contribution in [0.25, 0.3) is 0 Å². The van der Waals surface area contributed by atoms with Gasteiger partial charge in [-0.15, -0.1) is 12.3 Å². The zero-order valence-electron chi connectivity index (χ0n) is 8.61. The van der Waals surface area contributed by atoms with Crippen LogP contribution in [0.3, 0.4) is 0 Å². The van der Waals surface area contributed by atoms with Crippen LogP contribution in [0.2, 0.25) is 0 Å². The Morgan fingerprint density at radius 3 is 2.71 bits per heavy atom. The van der Waals surface area contributed by atoms with Gasteiger partial charge in [0, 0.05) is 12.5 Å². The van der Waals surface area contributed by atoms with Gasteiger partial charge in [0.2, 0.25) is 10.0 Å². The van der Waals surface area contributed by atoms with Crippen LogP contribution >= 0.6 is 15.9 Å².